The van der Waals surface area contributed by atoms with Gasteiger partial charge in [0.1, 0.15) is 0 Å². The maximum absolute atomic E-state index is 14.7. The molecule has 0 unspecified atom stereocenters. The summed E-state index contributed by atoms with van der Waals surface area (Å²) in [7, 11) is -8.36. The second-order valence-corrected chi connectivity index (χ2v) is 8.09. The normalized spacial score (nSPS) is 13.8. The molecule has 1 rings (SSSR count). The number of hydrogen-bond acceptors (Lipinski definition) is 5. The second kappa shape index (κ2) is 8.02. The lowest BCUT2D eigenvalue weighted by Gasteiger charge is -2.17. The number of rotatable bonds is 8. The molecule has 5 nitrogen and oxygen atoms in total. The van der Waals surface area contributed by atoms with Crippen LogP contribution in [0.1, 0.15) is 27.2 Å². The molecule has 0 saturated carbocycles. The fraction of sp³-hybridized carbons (Fsp3) is 0.429. The maximum atomic E-state index is 14.7. The molecule has 0 heterocycles. The van der Waals surface area contributed by atoms with Crippen molar-refractivity contribution in [3.63, 3.8) is 0 Å². The van der Waals surface area contributed by atoms with E-state index in [1.54, 1.807) is 6.07 Å². The molecular weight excluding hydrogens is 330 g/mol. The van der Waals surface area contributed by atoms with Gasteiger partial charge >= 0.3 is 7.60 Å². The average Bonchev–Trinajstić information content (AvgIpc) is 2.49. The van der Waals surface area contributed by atoms with E-state index in [1.807, 2.05) is 0 Å². The Labute approximate surface area is 130 Å². The first-order valence-electron chi connectivity index (χ1n) is 6.91. The lowest BCUT2D eigenvalue weighted by molar-refractivity contribution is 0.219. The zero-order valence-electron chi connectivity index (χ0n) is 12.8. The number of allylic oxidation sites excluding steroid dienone is 1. The lowest BCUT2D eigenvalue weighted by atomic mass is 10.4. The van der Waals surface area contributed by atoms with Crippen LogP contribution in [0.15, 0.2) is 45.7 Å². The molecule has 0 aliphatic carbocycles. The van der Waals surface area contributed by atoms with Gasteiger partial charge in [0.2, 0.25) is 15.4 Å². The maximum Gasteiger partial charge on any atom is 0.390 e. The van der Waals surface area contributed by atoms with Crippen LogP contribution in [-0.4, -0.2) is 21.6 Å². The largest absolute Gasteiger partial charge is 0.390 e. The van der Waals surface area contributed by atoms with E-state index in [2.05, 4.69) is 0 Å². The van der Waals surface area contributed by atoms with E-state index in [0.717, 1.165) is 0 Å². The monoisotopic (exact) mass is 350 g/mol. The molecule has 0 aliphatic rings. The molecule has 0 aliphatic heterocycles. The fourth-order valence-electron chi connectivity index (χ4n) is 1.83. The Bertz CT molecular complexity index is 660. The van der Waals surface area contributed by atoms with Gasteiger partial charge in [0.15, 0.2) is 0 Å². The van der Waals surface area contributed by atoms with Gasteiger partial charge in [-0.2, -0.15) is 4.39 Å². The highest BCUT2D eigenvalue weighted by atomic mass is 32.2. The summed E-state index contributed by atoms with van der Waals surface area (Å²) < 4.78 is 61.9. The van der Waals surface area contributed by atoms with Crippen LogP contribution in [0.3, 0.4) is 0 Å². The summed E-state index contributed by atoms with van der Waals surface area (Å²) >= 11 is 0. The smallest absolute Gasteiger partial charge is 0.304 e. The molecule has 0 spiro atoms. The number of halogens is 1. The van der Waals surface area contributed by atoms with Gasteiger partial charge in [-0.1, -0.05) is 25.1 Å². The standard InChI is InChI=1S/C14H20FO5PS/c1-4-13(14(15)21(16,19-5-2)20-6-3)22(17,18)12-10-8-7-9-11-12/h7-11H,4-6H2,1-3H3/b14-13+. The number of hydrogen-bond donors (Lipinski definition) is 0. The highest BCUT2D eigenvalue weighted by Gasteiger charge is 2.37. The van der Waals surface area contributed by atoms with Crippen molar-refractivity contribution < 1.29 is 26.4 Å². The predicted octanol–water partition coefficient (Wildman–Crippen LogP) is 4.28. The third-order valence-corrected chi connectivity index (χ3v) is 6.88. The minimum Gasteiger partial charge on any atom is -0.304 e. The Morgan fingerprint density at radius 3 is 2.00 bits per heavy atom. The van der Waals surface area contributed by atoms with Crippen molar-refractivity contribution in [1.82, 2.24) is 0 Å². The summed E-state index contributed by atoms with van der Waals surface area (Å²) in [6, 6.07) is 7.41. The van der Waals surface area contributed by atoms with E-state index < -0.39 is 27.9 Å². The van der Waals surface area contributed by atoms with Crippen LogP contribution in [0.2, 0.25) is 0 Å². The second-order valence-electron chi connectivity index (χ2n) is 4.22. The van der Waals surface area contributed by atoms with Crippen molar-refractivity contribution in [3.05, 3.63) is 40.8 Å². The fourth-order valence-corrected chi connectivity index (χ4v) is 5.37. The van der Waals surface area contributed by atoms with Gasteiger partial charge in [0.05, 0.1) is 23.0 Å². The lowest BCUT2D eigenvalue weighted by Crippen LogP contribution is -2.08. The van der Waals surface area contributed by atoms with Crippen LogP contribution in [0.4, 0.5) is 4.39 Å². The molecule has 0 amide bonds. The first-order valence-corrected chi connectivity index (χ1v) is 9.94. The molecular formula is C14H20FO5PS. The number of sulfone groups is 1. The molecule has 0 N–H and O–H groups in total. The predicted molar refractivity (Wildman–Crippen MR) is 82.9 cm³/mol. The van der Waals surface area contributed by atoms with Crippen LogP contribution in [-0.2, 0) is 23.4 Å². The molecule has 0 bridgehead atoms. The van der Waals surface area contributed by atoms with Crippen LogP contribution in [0.25, 0.3) is 0 Å². The van der Waals surface area contributed by atoms with E-state index in [1.165, 1.54) is 45.0 Å². The summed E-state index contributed by atoms with van der Waals surface area (Å²) in [6.07, 6.45) is -0.160. The van der Waals surface area contributed by atoms with Gasteiger partial charge in [-0.25, -0.2) is 8.42 Å². The molecule has 0 aromatic heterocycles. The quantitative estimate of drug-likeness (QED) is 0.655. The topological polar surface area (TPSA) is 69.7 Å². The summed E-state index contributed by atoms with van der Waals surface area (Å²) in [5.41, 5.74) is -1.34. The first kappa shape index (κ1) is 19.0. The summed E-state index contributed by atoms with van der Waals surface area (Å²) in [6.45, 7) is 4.39. The Hall–Kier alpha value is -1.01. The van der Waals surface area contributed by atoms with Gasteiger partial charge in [-0.05, 0) is 32.4 Å². The van der Waals surface area contributed by atoms with Crippen molar-refractivity contribution in [2.45, 2.75) is 32.1 Å². The van der Waals surface area contributed by atoms with Crippen LogP contribution in [0.5, 0.6) is 0 Å². The Morgan fingerprint density at radius 2 is 1.59 bits per heavy atom. The van der Waals surface area contributed by atoms with Crippen LogP contribution in [0, 0.1) is 0 Å². The Morgan fingerprint density at radius 1 is 1.09 bits per heavy atom. The van der Waals surface area contributed by atoms with Gasteiger partial charge < -0.3 is 9.05 Å². The third-order valence-electron chi connectivity index (χ3n) is 2.77. The summed E-state index contributed by atoms with van der Waals surface area (Å²) in [5.74, 6) is 0. The summed E-state index contributed by atoms with van der Waals surface area (Å²) in [4.78, 5) is -0.648. The molecule has 1 aromatic carbocycles. The zero-order chi connectivity index (χ0) is 16.8. The minimum atomic E-state index is -4.27. The van der Waals surface area contributed by atoms with Crippen molar-refractivity contribution in [3.8, 4) is 0 Å². The first-order chi connectivity index (χ1) is 10.3. The van der Waals surface area contributed by atoms with Crippen LogP contribution >= 0.6 is 7.60 Å². The van der Waals surface area contributed by atoms with Crippen molar-refractivity contribution >= 4 is 17.4 Å². The molecule has 8 heteroatoms. The molecule has 0 fully saturated rings. The molecule has 124 valence electrons. The molecule has 0 saturated heterocycles. The third kappa shape index (κ3) is 4.04. The molecule has 0 radical (unpaired) electrons. The van der Waals surface area contributed by atoms with Crippen molar-refractivity contribution in [2.75, 3.05) is 13.2 Å². The van der Waals surface area contributed by atoms with Gasteiger partial charge in [-0.15, -0.1) is 0 Å². The van der Waals surface area contributed by atoms with E-state index >= 15 is 0 Å². The Kier molecular flexibility index (Phi) is 6.94. The van der Waals surface area contributed by atoms with Gasteiger partial charge in [-0.3, -0.25) is 4.57 Å². The van der Waals surface area contributed by atoms with Gasteiger partial charge in [0.25, 0.3) is 0 Å². The molecule has 1 aromatic rings. The number of benzene rings is 1. The van der Waals surface area contributed by atoms with Crippen LogP contribution < -0.4 is 0 Å². The molecule has 22 heavy (non-hydrogen) atoms. The zero-order valence-corrected chi connectivity index (χ0v) is 14.5. The summed E-state index contributed by atoms with van der Waals surface area (Å²) in [5, 5.41) is 0. The highest BCUT2D eigenvalue weighted by Crippen LogP contribution is 2.58. The van der Waals surface area contributed by atoms with Gasteiger partial charge in [0, 0.05) is 0 Å². The van der Waals surface area contributed by atoms with E-state index in [0.29, 0.717) is 0 Å². The van der Waals surface area contributed by atoms with Crippen molar-refractivity contribution in [1.29, 1.82) is 0 Å². The van der Waals surface area contributed by atoms with E-state index in [9.17, 15) is 17.4 Å². The minimum absolute atomic E-state index is 0.0624. The average molecular weight is 350 g/mol. The highest BCUT2D eigenvalue weighted by molar-refractivity contribution is 7.95. The SMILES string of the molecule is CCOP(=O)(OCC)/C(F)=C(\CC)S(=O)(=O)c1ccccc1. The molecule has 0 atom stereocenters. The van der Waals surface area contributed by atoms with E-state index in [4.69, 9.17) is 9.05 Å². The van der Waals surface area contributed by atoms with E-state index in [-0.39, 0.29) is 24.5 Å². The van der Waals surface area contributed by atoms with Crippen molar-refractivity contribution in [2.24, 2.45) is 0 Å². The Balaban J connectivity index is 3.47.